The molecule has 0 aliphatic heterocycles. The smallest absolute Gasteiger partial charge is 0.251 e. The molecule has 1 aromatic carbocycles. The minimum atomic E-state index is -0.247. The Labute approximate surface area is 154 Å². The first-order valence-electron chi connectivity index (χ1n) is 9.52. The van der Waals surface area contributed by atoms with Crippen LogP contribution in [0, 0.1) is 11.8 Å². The highest BCUT2D eigenvalue weighted by atomic mass is 16.1. The highest BCUT2D eigenvalue weighted by Crippen LogP contribution is 2.21. The predicted molar refractivity (Wildman–Crippen MR) is 110 cm³/mol. The molecule has 25 heavy (non-hydrogen) atoms. The standard InChI is InChI=1S/C21H37N3O/c1-15(2)8-10-22-18-12-17(20(25)24-21(5,6)7)13-19(14-18)23-11-9-16(3)4/h12-16,22-23H,8-11H2,1-7H3,(H,24,25). The van der Waals surface area contributed by atoms with Gasteiger partial charge in [-0.05, 0) is 63.6 Å². The number of carbonyl (C=O) groups excluding carboxylic acids is 1. The van der Waals surface area contributed by atoms with Crippen molar-refractivity contribution in [3.05, 3.63) is 23.8 Å². The SMILES string of the molecule is CC(C)CCNc1cc(NCCC(C)C)cc(C(=O)NC(C)(C)C)c1. The topological polar surface area (TPSA) is 53.2 Å². The van der Waals surface area contributed by atoms with Crippen LogP contribution in [0.2, 0.25) is 0 Å². The molecule has 1 aromatic rings. The number of hydrogen-bond acceptors (Lipinski definition) is 3. The highest BCUT2D eigenvalue weighted by Gasteiger charge is 2.16. The van der Waals surface area contributed by atoms with Gasteiger partial charge in [-0.3, -0.25) is 4.79 Å². The van der Waals surface area contributed by atoms with Gasteiger partial charge in [0, 0.05) is 35.6 Å². The Bertz CT molecular complexity index is 512. The number of nitrogens with one attached hydrogen (secondary N) is 3. The molecule has 0 aromatic heterocycles. The molecule has 4 nitrogen and oxygen atoms in total. The predicted octanol–water partition coefficient (Wildman–Crippen LogP) is 5.13. The average Bonchev–Trinajstić information content (AvgIpc) is 2.44. The van der Waals surface area contributed by atoms with Crippen molar-refractivity contribution < 1.29 is 4.79 Å². The van der Waals surface area contributed by atoms with E-state index in [2.05, 4.69) is 49.7 Å². The summed E-state index contributed by atoms with van der Waals surface area (Å²) < 4.78 is 0. The maximum absolute atomic E-state index is 12.6. The molecule has 0 atom stereocenters. The second-order valence-electron chi connectivity index (χ2n) is 8.72. The van der Waals surface area contributed by atoms with Crippen LogP contribution < -0.4 is 16.0 Å². The van der Waals surface area contributed by atoms with Crippen molar-refractivity contribution >= 4 is 17.3 Å². The second kappa shape index (κ2) is 9.69. The normalized spacial score (nSPS) is 11.7. The molecule has 142 valence electrons. The lowest BCUT2D eigenvalue weighted by Gasteiger charge is -2.21. The molecule has 0 bridgehead atoms. The van der Waals surface area contributed by atoms with Crippen LogP contribution in [0.15, 0.2) is 18.2 Å². The summed E-state index contributed by atoms with van der Waals surface area (Å²) >= 11 is 0. The third kappa shape index (κ3) is 9.37. The Morgan fingerprint density at radius 1 is 0.880 bits per heavy atom. The lowest BCUT2D eigenvalue weighted by molar-refractivity contribution is 0.0919. The van der Waals surface area contributed by atoms with Gasteiger partial charge in [0.1, 0.15) is 0 Å². The van der Waals surface area contributed by atoms with E-state index >= 15 is 0 Å². The summed E-state index contributed by atoms with van der Waals surface area (Å²) in [5.41, 5.74) is 2.43. The van der Waals surface area contributed by atoms with Crippen LogP contribution in [-0.4, -0.2) is 24.5 Å². The van der Waals surface area contributed by atoms with Crippen LogP contribution in [0.3, 0.4) is 0 Å². The molecular weight excluding hydrogens is 310 g/mol. The molecule has 1 rings (SSSR count). The third-order valence-electron chi connectivity index (χ3n) is 3.79. The number of hydrogen-bond donors (Lipinski definition) is 3. The minimum absolute atomic E-state index is 0.0353. The Morgan fingerprint density at radius 2 is 1.32 bits per heavy atom. The van der Waals surface area contributed by atoms with Gasteiger partial charge in [0.2, 0.25) is 0 Å². The first kappa shape index (κ1) is 21.3. The van der Waals surface area contributed by atoms with Gasteiger partial charge in [-0.25, -0.2) is 0 Å². The Hall–Kier alpha value is -1.71. The fourth-order valence-electron chi connectivity index (χ4n) is 2.39. The van der Waals surface area contributed by atoms with E-state index < -0.39 is 0 Å². The van der Waals surface area contributed by atoms with Crippen molar-refractivity contribution in [2.24, 2.45) is 11.8 Å². The van der Waals surface area contributed by atoms with E-state index in [0.29, 0.717) is 17.4 Å². The summed E-state index contributed by atoms with van der Waals surface area (Å²) in [7, 11) is 0. The van der Waals surface area contributed by atoms with Crippen molar-refractivity contribution in [3.63, 3.8) is 0 Å². The number of anilines is 2. The summed E-state index contributed by atoms with van der Waals surface area (Å²) in [5, 5.41) is 9.95. The van der Waals surface area contributed by atoms with Crippen LogP contribution >= 0.6 is 0 Å². The second-order valence-corrected chi connectivity index (χ2v) is 8.72. The molecule has 0 fully saturated rings. The van der Waals surface area contributed by atoms with Crippen LogP contribution in [0.1, 0.15) is 71.7 Å². The zero-order valence-corrected chi connectivity index (χ0v) is 17.1. The molecular formula is C21H37N3O. The van der Waals surface area contributed by atoms with Crippen molar-refractivity contribution in [1.29, 1.82) is 0 Å². The van der Waals surface area contributed by atoms with Gasteiger partial charge in [-0.2, -0.15) is 0 Å². The number of carbonyl (C=O) groups is 1. The summed E-state index contributed by atoms with van der Waals surface area (Å²) in [6.45, 7) is 16.7. The largest absolute Gasteiger partial charge is 0.385 e. The van der Waals surface area contributed by atoms with Gasteiger partial charge in [-0.1, -0.05) is 27.7 Å². The van der Waals surface area contributed by atoms with E-state index in [4.69, 9.17) is 0 Å². The lowest BCUT2D eigenvalue weighted by atomic mass is 10.1. The third-order valence-corrected chi connectivity index (χ3v) is 3.79. The molecule has 0 aliphatic carbocycles. The molecule has 3 N–H and O–H groups in total. The molecule has 4 heteroatoms. The molecule has 0 unspecified atom stereocenters. The summed E-state index contributed by atoms with van der Waals surface area (Å²) in [5.74, 6) is 1.28. The number of benzene rings is 1. The van der Waals surface area contributed by atoms with Gasteiger partial charge in [0.25, 0.3) is 5.91 Å². The Morgan fingerprint density at radius 3 is 1.68 bits per heavy atom. The van der Waals surface area contributed by atoms with Crippen LogP contribution in [0.4, 0.5) is 11.4 Å². The molecule has 1 amide bonds. The van der Waals surface area contributed by atoms with Gasteiger partial charge in [0.05, 0.1) is 0 Å². The minimum Gasteiger partial charge on any atom is -0.385 e. The van der Waals surface area contributed by atoms with E-state index in [1.807, 2.05) is 32.9 Å². The quantitative estimate of drug-likeness (QED) is 0.580. The molecule has 0 spiro atoms. The summed E-state index contributed by atoms with van der Waals surface area (Å²) in [6, 6.07) is 5.97. The van der Waals surface area contributed by atoms with Crippen molar-refractivity contribution in [3.8, 4) is 0 Å². The zero-order chi connectivity index (χ0) is 19.0. The monoisotopic (exact) mass is 347 g/mol. The van der Waals surface area contributed by atoms with Crippen molar-refractivity contribution in [2.45, 2.75) is 66.8 Å². The fourth-order valence-corrected chi connectivity index (χ4v) is 2.39. The van der Waals surface area contributed by atoms with Gasteiger partial charge < -0.3 is 16.0 Å². The van der Waals surface area contributed by atoms with E-state index in [9.17, 15) is 4.79 Å². The van der Waals surface area contributed by atoms with E-state index in [1.165, 1.54) is 0 Å². The van der Waals surface area contributed by atoms with Crippen LogP contribution in [-0.2, 0) is 0 Å². The zero-order valence-electron chi connectivity index (χ0n) is 17.1. The van der Waals surface area contributed by atoms with E-state index in [1.54, 1.807) is 0 Å². The summed E-state index contributed by atoms with van der Waals surface area (Å²) in [6.07, 6.45) is 2.21. The highest BCUT2D eigenvalue weighted by molar-refractivity contribution is 5.96. The molecule has 0 saturated carbocycles. The maximum atomic E-state index is 12.6. The van der Waals surface area contributed by atoms with E-state index in [-0.39, 0.29) is 11.4 Å². The van der Waals surface area contributed by atoms with Gasteiger partial charge >= 0.3 is 0 Å². The Kier molecular flexibility index (Phi) is 8.27. The lowest BCUT2D eigenvalue weighted by Crippen LogP contribution is -2.40. The molecule has 0 radical (unpaired) electrons. The maximum Gasteiger partial charge on any atom is 0.251 e. The average molecular weight is 348 g/mol. The first-order chi connectivity index (χ1) is 11.6. The first-order valence-corrected chi connectivity index (χ1v) is 9.52. The van der Waals surface area contributed by atoms with Crippen LogP contribution in [0.25, 0.3) is 0 Å². The molecule has 0 heterocycles. The summed E-state index contributed by atoms with van der Waals surface area (Å²) in [4.78, 5) is 12.6. The van der Waals surface area contributed by atoms with Crippen molar-refractivity contribution in [1.82, 2.24) is 5.32 Å². The van der Waals surface area contributed by atoms with Crippen LogP contribution in [0.5, 0.6) is 0 Å². The number of amides is 1. The van der Waals surface area contributed by atoms with E-state index in [0.717, 1.165) is 37.3 Å². The van der Waals surface area contributed by atoms with Gasteiger partial charge in [-0.15, -0.1) is 0 Å². The molecule has 0 saturated heterocycles. The fraction of sp³-hybridized carbons (Fsp3) is 0.667. The van der Waals surface area contributed by atoms with Crippen molar-refractivity contribution in [2.75, 3.05) is 23.7 Å². The molecule has 0 aliphatic rings. The number of rotatable bonds is 9. The van der Waals surface area contributed by atoms with Gasteiger partial charge in [0.15, 0.2) is 0 Å². The Balaban J connectivity index is 2.90.